The fourth-order valence-corrected chi connectivity index (χ4v) is 1.10. The molecule has 0 aliphatic rings. The predicted octanol–water partition coefficient (Wildman–Crippen LogP) is 2.01. The molecule has 17 heavy (non-hydrogen) atoms. The number of hydrogen-bond donors (Lipinski definition) is 0. The van der Waals surface area contributed by atoms with Crippen molar-refractivity contribution in [1.29, 1.82) is 0 Å². The van der Waals surface area contributed by atoms with Crippen molar-refractivity contribution in [2.75, 3.05) is 0 Å². The van der Waals surface area contributed by atoms with Gasteiger partial charge in [-0.15, -0.1) is 6.07 Å². The van der Waals surface area contributed by atoms with E-state index < -0.39 is 5.95 Å². The quantitative estimate of drug-likeness (QED) is 0.597. The van der Waals surface area contributed by atoms with Gasteiger partial charge < -0.3 is 16.3 Å². The summed E-state index contributed by atoms with van der Waals surface area (Å²) in [5.74, 6) is -0.565. The minimum absolute atomic E-state index is 0. The molecule has 0 atom stereocenters. The summed E-state index contributed by atoms with van der Waals surface area (Å²) in [6.07, 6.45) is 2.86. The summed E-state index contributed by atoms with van der Waals surface area (Å²) in [6, 6.07) is 8.26. The Morgan fingerprint density at radius 3 is 2.65 bits per heavy atom. The molecule has 0 unspecified atom stereocenters. The summed E-state index contributed by atoms with van der Waals surface area (Å²) in [6.45, 7) is 5.00. The molecule has 0 fully saturated rings. The van der Waals surface area contributed by atoms with Crippen LogP contribution in [0.1, 0.15) is 6.92 Å². The van der Waals surface area contributed by atoms with E-state index in [1.807, 2.05) is 0 Å². The molecule has 0 amide bonds. The Labute approximate surface area is 125 Å². The first-order valence-electron chi connectivity index (χ1n) is 4.69. The Morgan fingerprint density at radius 2 is 2.12 bits per heavy atom. The van der Waals surface area contributed by atoms with E-state index >= 15 is 0 Å². The molecule has 0 aromatic carbocycles. The van der Waals surface area contributed by atoms with Gasteiger partial charge in [0, 0.05) is 38.4 Å². The molecule has 2 rings (SSSR count). The van der Waals surface area contributed by atoms with E-state index in [4.69, 9.17) is 0 Å². The normalized spacial score (nSPS) is 8.65. The second kappa shape index (κ2) is 8.26. The van der Waals surface area contributed by atoms with E-state index in [9.17, 15) is 9.18 Å². The fraction of sp³-hybridized carbons (Fsp3) is 0.0833. The standard InChI is InChI=1S/C10H6FN2O.C2H5.Y/c11-9-5-4-8(7-12-9)13-6-2-1-3-10(13)14;1-2;/h2-7H;1H2,2H3;/q2*-1;. The molecular weight excluding hydrogens is 296 g/mol. The van der Waals surface area contributed by atoms with Crippen LogP contribution in [0.25, 0.3) is 5.69 Å². The average Bonchev–Trinajstić information content (AvgIpc) is 2.34. The molecule has 87 valence electrons. The van der Waals surface area contributed by atoms with Crippen molar-refractivity contribution in [1.82, 2.24) is 9.55 Å². The molecule has 3 nitrogen and oxygen atoms in total. The summed E-state index contributed by atoms with van der Waals surface area (Å²) in [4.78, 5) is 14.8. The summed E-state index contributed by atoms with van der Waals surface area (Å²) in [5, 5.41) is 0. The van der Waals surface area contributed by atoms with Crippen LogP contribution >= 0.6 is 0 Å². The molecule has 0 spiro atoms. The van der Waals surface area contributed by atoms with E-state index in [1.165, 1.54) is 29.0 Å². The van der Waals surface area contributed by atoms with Crippen LogP contribution in [0.5, 0.6) is 0 Å². The van der Waals surface area contributed by atoms with Gasteiger partial charge in [0.15, 0.2) is 0 Å². The Kier molecular flexibility index (Phi) is 7.84. The summed E-state index contributed by atoms with van der Waals surface area (Å²) in [5.41, 5.74) is 0.311. The van der Waals surface area contributed by atoms with Gasteiger partial charge in [-0.2, -0.15) is 23.4 Å². The molecule has 0 aliphatic heterocycles. The zero-order chi connectivity index (χ0) is 12.0. The zero-order valence-electron chi connectivity index (χ0n) is 9.43. The first-order chi connectivity index (χ1) is 7.77. The number of rotatable bonds is 1. The van der Waals surface area contributed by atoms with Crippen LogP contribution in [0.15, 0.2) is 41.5 Å². The topological polar surface area (TPSA) is 34.9 Å². The molecule has 0 bridgehead atoms. The molecule has 1 radical (unpaired) electrons. The van der Waals surface area contributed by atoms with Crippen LogP contribution in [-0.2, 0) is 32.7 Å². The molecule has 2 aromatic rings. The number of nitrogens with zero attached hydrogens (tertiary/aromatic N) is 2. The first-order valence-corrected chi connectivity index (χ1v) is 4.69. The van der Waals surface area contributed by atoms with Crippen LogP contribution in [0.3, 0.4) is 0 Å². The predicted molar refractivity (Wildman–Crippen MR) is 59.7 cm³/mol. The number of aromatic nitrogens is 2. The molecular formula is C12H11FN2OY-2. The maximum atomic E-state index is 12.5. The SMILES string of the molecule is O=c1c[c-]ccn1-c1ccc(F)nc1.[CH2-]C.[Y]. The van der Waals surface area contributed by atoms with Crippen LogP contribution in [0, 0.1) is 18.9 Å². The van der Waals surface area contributed by atoms with E-state index in [-0.39, 0.29) is 38.3 Å². The largest absolute Gasteiger partial charge is 0.391 e. The maximum Gasteiger partial charge on any atom is 0.212 e. The third kappa shape index (κ3) is 4.48. The van der Waals surface area contributed by atoms with Gasteiger partial charge >= 0.3 is 0 Å². The summed E-state index contributed by atoms with van der Waals surface area (Å²) < 4.78 is 13.9. The van der Waals surface area contributed by atoms with E-state index in [0.717, 1.165) is 0 Å². The Balaban J connectivity index is 0.000000811. The number of halogens is 1. The maximum absolute atomic E-state index is 12.5. The Hall–Kier alpha value is -0.866. The molecule has 5 heteroatoms. The van der Waals surface area contributed by atoms with Gasteiger partial charge in [0.2, 0.25) is 5.95 Å². The van der Waals surface area contributed by atoms with Crippen molar-refractivity contribution in [3.8, 4) is 5.69 Å². The molecule has 0 saturated heterocycles. The molecule has 0 aliphatic carbocycles. The van der Waals surface area contributed by atoms with Gasteiger partial charge in [-0.1, -0.05) is 6.20 Å². The third-order valence-corrected chi connectivity index (χ3v) is 1.75. The van der Waals surface area contributed by atoms with Gasteiger partial charge in [0.25, 0.3) is 0 Å². The number of hydrogen-bond acceptors (Lipinski definition) is 2. The van der Waals surface area contributed by atoms with Gasteiger partial charge in [-0.25, -0.2) is 4.98 Å². The van der Waals surface area contributed by atoms with Crippen molar-refractivity contribution in [3.63, 3.8) is 0 Å². The minimum atomic E-state index is -0.565. The van der Waals surface area contributed by atoms with Crippen molar-refractivity contribution < 1.29 is 37.1 Å². The minimum Gasteiger partial charge on any atom is -0.391 e. The fourth-order valence-electron chi connectivity index (χ4n) is 1.10. The van der Waals surface area contributed by atoms with E-state index in [1.54, 1.807) is 19.2 Å². The van der Waals surface area contributed by atoms with Crippen molar-refractivity contribution in [3.05, 3.63) is 66.0 Å². The van der Waals surface area contributed by atoms with Gasteiger partial charge in [0.05, 0.1) is 6.20 Å². The van der Waals surface area contributed by atoms with Gasteiger partial charge in [-0.05, 0) is 12.1 Å². The van der Waals surface area contributed by atoms with Crippen LogP contribution in [-0.4, -0.2) is 9.55 Å². The van der Waals surface area contributed by atoms with Gasteiger partial charge in [0.1, 0.15) is 5.56 Å². The Bertz CT molecular complexity index is 496. The van der Waals surface area contributed by atoms with Crippen molar-refractivity contribution >= 4 is 0 Å². The van der Waals surface area contributed by atoms with Gasteiger partial charge in [-0.3, -0.25) is 0 Å². The molecule has 0 saturated carbocycles. The van der Waals surface area contributed by atoms with Crippen molar-refractivity contribution in [2.24, 2.45) is 0 Å². The average molecular weight is 307 g/mol. The van der Waals surface area contributed by atoms with E-state index in [2.05, 4.69) is 18.0 Å². The van der Waals surface area contributed by atoms with E-state index in [0.29, 0.717) is 5.69 Å². The number of pyridine rings is 2. The molecule has 0 N–H and O–H groups in total. The van der Waals surface area contributed by atoms with Crippen LogP contribution in [0.4, 0.5) is 4.39 Å². The summed E-state index contributed by atoms with van der Waals surface area (Å²) in [7, 11) is 0. The van der Waals surface area contributed by atoms with Crippen LogP contribution < -0.4 is 5.56 Å². The second-order valence-corrected chi connectivity index (χ2v) is 2.67. The molecule has 2 heterocycles. The first kappa shape index (κ1) is 16.1. The van der Waals surface area contributed by atoms with Crippen molar-refractivity contribution in [2.45, 2.75) is 6.92 Å². The van der Waals surface area contributed by atoms with Crippen LogP contribution in [0.2, 0.25) is 0 Å². The summed E-state index contributed by atoms with van der Waals surface area (Å²) >= 11 is 0. The smallest absolute Gasteiger partial charge is 0.212 e. The Morgan fingerprint density at radius 1 is 1.41 bits per heavy atom. The second-order valence-electron chi connectivity index (χ2n) is 2.67. The monoisotopic (exact) mass is 307 g/mol. The molecule has 2 aromatic heterocycles. The third-order valence-electron chi connectivity index (χ3n) is 1.75. The zero-order valence-corrected chi connectivity index (χ0v) is 12.3.